The number of H-pyrrole nitrogens is 1. The zero-order valence-electron chi connectivity index (χ0n) is 16.0. The van der Waals surface area contributed by atoms with Crippen molar-refractivity contribution in [2.24, 2.45) is 0 Å². The van der Waals surface area contributed by atoms with Crippen LogP contribution in [0, 0.1) is 10.1 Å². The van der Waals surface area contributed by atoms with Crippen molar-refractivity contribution in [2.45, 2.75) is 6.61 Å². The number of carbonyl (C=O) groups excluding carboxylic acids is 1. The van der Waals surface area contributed by atoms with Gasteiger partial charge in [0.1, 0.15) is 17.3 Å². The van der Waals surface area contributed by atoms with Crippen LogP contribution in [-0.4, -0.2) is 20.9 Å². The van der Waals surface area contributed by atoms with Crippen LogP contribution in [0.2, 0.25) is 0 Å². The van der Waals surface area contributed by atoms with Gasteiger partial charge in [-0.15, -0.1) is 11.3 Å². The lowest BCUT2D eigenvalue weighted by atomic mass is 10.1. The second kappa shape index (κ2) is 8.72. The third-order valence-electron chi connectivity index (χ3n) is 4.44. The van der Waals surface area contributed by atoms with Gasteiger partial charge in [0.25, 0.3) is 11.2 Å². The van der Waals surface area contributed by atoms with Crippen molar-refractivity contribution < 1.29 is 14.5 Å². The molecule has 0 aliphatic heterocycles. The van der Waals surface area contributed by atoms with Crippen LogP contribution in [0.3, 0.4) is 0 Å². The van der Waals surface area contributed by atoms with Crippen molar-refractivity contribution in [3.05, 3.63) is 97.9 Å². The molecular weight excluding hydrogens is 418 g/mol. The molecule has 9 heteroatoms. The first-order valence-electron chi connectivity index (χ1n) is 9.16. The van der Waals surface area contributed by atoms with E-state index >= 15 is 0 Å². The average Bonchev–Trinajstić information content (AvgIpc) is 3.22. The standard InChI is InChI=1S/C22H15N3O5S/c26-19(11-8-14-6-9-16(10-7-14)25(28)29)30-12-18-23-21(27)20-17(13-31-22(20)24-18)15-4-2-1-3-5-15/h1-11,13H,12H2,(H,23,24,27). The number of benzene rings is 2. The van der Waals surface area contributed by atoms with E-state index < -0.39 is 10.9 Å². The number of nitrogens with one attached hydrogen (secondary N) is 1. The number of hydrogen-bond donors (Lipinski definition) is 1. The summed E-state index contributed by atoms with van der Waals surface area (Å²) in [5, 5.41) is 13.0. The number of nitro benzene ring substituents is 1. The van der Waals surface area contributed by atoms with Gasteiger partial charge in [-0.2, -0.15) is 0 Å². The molecule has 0 spiro atoms. The largest absolute Gasteiger partial charge is 0.454 e. The van der Waals surface area contributed by atoms with Crippen LogP contribution >= 0.6 is 11.3 Å². The van der Waals surface area contributed by atoms with E-state index in [1.165, 1.54) is 47.8 Å². The Kier molecular flexibility index (Phi) is 5.67. The van der Waals surface area contributed by atoms with Crippen LogP contribution in [0.1, 0.15) is 11.4 Å². The van der Waals surface area contributed by atoms with Gasteiger partial charge in [0.05, 0.1) is 10.3 Å². The Bertz CT molecular complexity index is 1340. The molecule has 0 aliphatic carbocycles. The highest BCUT2D eigenvalue weighted by Crippen LogP contribution is 2.30. The van der Waals surface area contributed by atoms with Crippen LogP contribution in [0.4, 0.5) is 5.69 Å². The molecule has 0 saturated carbocycles. The second-order valence-corrected chi connectivity index (χ2v) is 7.36. The minimum atomic E-state index is -0.628. The summed E-state index contributed by atoms with van der Waals surface area (Å²) in [7, 11) is 0. The van der Waals surface area contributed by atoms with Gasteiger partial charge in [0.15, 0.2) is 0 Å². The van der Waals surface area contributed by atoms with Gasteiger partial charge in [0, 0.05) is 29.2 Å². The Hall–Kier alpha value is -4.11. The number of aromatic nitrogens is 2. The molecule has 0 saturated heterocycles. The predicted molar refractivity (Wildman–Crippen MR) is 118 cm³/mol. The van der Waals surface area contributed by atoms with Crippen LogP contribution < -0.4 is 5.56 Å². The van der Waals surface area contributed by atoms with Gasteiger partial charge in [-0.05, 0) is 29.3 Å². The fourth-order valence-electron chi connectivity index (χ4n) is 2.95. The first-order chi connectivity index (χ1) is 15.0. The summed E-state index contributed by atoms with van der Waals surface area (Å²) >= 11 is 1.35. The number of rotatable bonds is 6. The molecule has 2 aromatic heterocycles. The van der Waals surface area contributed by atoms with Crippen LogP contribution in [0.25, 0.3) is 27.4 Å². The molecule has 0 amide bonds. The number of nitro groups is 1. The van der Waals surface area contributed by atoms with E-state index in [9.17, 15) is 19.7 Å². The summed E-state index contributed by atoms with van der Waals surface area (Å²) in [6.07, 6.45) is 2.69. The fourth-order valence-corrected chi connectivity index (χ4v) is 3.92. The smallest absolute Gasteiger partial charge is 0.331 e. The highest BCUT2D eigenvalue weighted by molar-refractivity contribution is 7.17. The number of hydrogen-bond acceptors (Lipinski definition) is 7. The van der Waals surface area contributed by atoms with Crippen LogP contribution in [0.5, 0.6) is 0 Å². The zero-order chi connectivity index (χ0) is 21.8. The molecular formula is C22H15N3O5S. The number of ether oxygens (including phenoxy) is 1. The Morgan fingerprint density at radius 2 is 1.90 bits per heavy atom. The Labute approximate surface area is 179 Å². The van der Waals surface area contributed by atoms with Crippen molar-refractivity contribution in [1.29, 1.82) is 0 Å². The lowest BCUT2D eigenvalue weighted by Gasteiger charge is -2.03. The maximum absolute atomic E-state index is 12.6. The van der Waals surface area contributed by atoms with E-state index in [0.29, 0.717) is 15.8 Å². The molecule has 0 unspecified atom stereocenters. The molecule has 0 atom stereocenters. The molecule has 4 aromatic rings. The number of thiophene rings is 1. The van der Waals surface area contributed by atoms with E-state index in [0.717, 1.165) is 11.1 Å². The number of nitrogens with zero attached hydrogens (tertiary/aromatic N) is 2. The maximum atomic E-state index is 12.6. The van der Waals surface area contributed by atoms with Crippen LogP contribution in [-0.2, 0) is 16.1 Å². The molecule has 8 nitrogen and oxygen atoms in total. The lowest BCUT2D eigenvalue weighted by Crippen LogP contribution is -2.13. The minimum Gasteiger partial charge on any atom is -0.454 e. The molecule has 154 valence electrons. The topological polar surface area (TPSA) is 115 Å². The van der Waals surface area contributed by atoms with Crippen molar-refractivity contribution in [2.75, 3.05) is 0 Å². The summed E-state index contributed by atoms with van der Waals surface area (Å²) < 4.78 is 5.15. The highest BCUT2D eigenvalue weighted by atomic mass is 32.1. The number of fused-ring (bicyclic) bond motifs is 1. The molecule has 31 heavy (non-hydrogen) atoms. The Morgan fingerprint density at radius 3 is 2.61 bits per heavy atom. The van der Waals surface area contributed by atoms with Gasteiger partial charge < -0.3 is 9.72 Å². The summed E-state index contributed by atoms with van der Waals surface area (Å²) in [4.78, 5) is 42.4. The number of carbonyl (C=O) groups is 1. The third-order valence-corrected chi connectivity index (χ3v) is 5.32. The summed E-state index contributed by atoms with van der Waals surface area (Å²) in [6, 6.07) is 15.3. The van der Waals surface area contributed by atoms with Gasteiger partial charge >= 0.3 is 5.97 Å². The summed E-state index contributed by atoms with van der Waals surface area (Å²) in [5.41, 5.74) is 2.02. The van der Waals surface area contributed by atoms with Crippen molar-refractivity contribution >= 4 is 39.3 Å². The van der Waals surface area contributed by atoms with Gasteiger partial charge in [-0.1, -0.05) is 30.3 Å². The molecule has 4 rings (SSSR count). The molecule has 2 heterocycles. The second-order valence-electron chi connectivity index (χ2n) is 6.50. The van der Waals surface area contributed by atoms with E-state index in [4.69, 9.17) is 4.74 Å². The van der Waals surface area contributed by atoms with Crippen molar-refractivity contribution in [3.8, 4) is 11.1 Å². The predicted octanol–water partition coefficient (Wildman–Crippen LogP) is 4.32. The van der Waals surface area contributed by atoms with E-state index in [1.54, 1.807) is 0 Å². The van der Waals surface area contributed by atoms with E-state index in [2.05, 4.69) is 9.97 Å². The van der Waals surface area contributed by atoms with E-state index in [-0.39, 0.29) is 23.7 Å². The lowest BCUT2D eigenvalue weighted by molar-refractivity contribution is -0.384. The SMILES string of the molecule is O=C(C=Cc1ccc([N+](=O)[O-])cc1)OCc1nc2scc(-c3ccccc3)c2c(=O)[nH]1. The monoisotopic (exact) mass is 433 g/mol. The van der Waals surface area contributed by atoms with Crippen LogP contribution in [0.15, 0.2) is 70.8 Å². The molecule has 0 fully saturated rings. The minimum absolute atomic E-state index is 0.0332. The van der Waals surface area contributed by atoms with Gasteiger partial charge in [-0.25, -0.2) is 9.78 Å². The zero-order valence-corrected chi connectivity index (χ0v) is 16.8. The van der Waals surface area contributed by atoms with E-state index in [1.807, 2.05) is 35.7 Å². The Morgan fingerprint density at radius 1 is 1.16 bits per heavy atom. The van der Waals surface area contributed by atoms with Gasteiger partial charge in [-0.3, -0.25) is 14.9 Å². The summed E-state index contributed by atoms with van der Waals surface area (Å²) in [5.74, 6) is -0.381. The quantitative estimate of drug-likeness (QED) is 0.210. The summed E-state index contributed by atoms with van der Waals surface area (Å²) in [6.45, 7) is -0.187. The Balaban J connectivity index is 1.45. The van der Waals surface area contributed by atoms with Crippen molar-refractivity contribution in [1.82, 2.24) is 9.97 Å². The number of non-ortho nitro benzene ring substituents is 1. The molecule has 0 bridgehead atoms. The van der Waals surface area contributed by atoms with Gasteiger partial charge in [0.2, 0.25) is 0 Å². The maximum Gasteiger partial charge on any atom is 0.331 e. The fraction of sp³-hybridized carbons (Fsp3) is 0.0455. The molecule has 0 radical (unpaired) electrons. The average molecular weight is 433 g/mol. The number of aromatic amines is 1. The first kappa shape index (κ1) is 20.2. The highest BCUT2D eigenvalue weighted by Gasteiger charge is 2.13. The van der Waals surface area contributed by atoms with Crippen molar-refractivity contribution in [3.63, 3.8) is 0 Å². The molecule has 0 aliphatic rings. The molecule has 1 N–H and O–H groups in total. The normalized spacial score (nSPS) is 11.1. The number of esters is 1. The first-order valence-corrected chi connectivity index (χ1v) is 10.0. The molecule has 2 aromatic carbocycles. The third kappa shape index (κ3) is 4.57.